The summed E-state index contributed by atoms with van der Waals surface area (Å²) < 4.78 is 11.1. The summed E-state index contributed by atoms with van der Waals surface area (Å²) >= 11 is 6.08. The van der Waals surface area contributed by atoms with Gasteiger partial charge < -0.3 is 14.8 Å². The van der Waals surface area contributed by atoms with Crippen LogP contribution >= 0.6 is 11.6 Å². The monoisotopic (exact) mass is 297 g/mol. The minimum absolute atomic E-state index is 0.0222. The SMILES string of the molecule is COc1cc(Cl)cc(CNc2nn[nH]n2)c1OC(C)C. The van der Waals surface area contributed by atoms with Gasteiger partial charge >= 0.3 is 0 Å². The summed E-state index contributed by atoms with van der Waals surface area (Å²) in [5.41, 5.74) is 0.854. The second kappa shape index (κ2) is 6.42. The summed E-state index contributed by atoms with van der Waals surface area (Å²) in [6.45, 7) is 4.34. The number of ether oxygens (including phenoxy) is 2. The zero-order valence-corrected chi connectivity index (χ0v) is 12.2. The summed E-state index contributed by atoms with van der Waals surface area (Å²) in [6, 6.07) is 3.53. The van der Waals surface area contributed by atoms with Gasteiger partial charge in [-0.2, -0.15) is 5.21 Å². The third-order valence-electron chi connectivity index (χ3n) is 2.45. The number of hydrogen-bond donors (Lipinski definition) is 2. The van der Waals surface area contributed by atoms with Gasteiger partial charge in [0.15, 0.2) is 11.5 Å². The minimum Gasteiger partial charge on any atom is -0.493 e. The van der Waals surface area contributed by atoms with Crippen LogP contribution in [0, 0.1) is 0 Å². The van der Waals surface area contributed by atoms with Crippen molar-refractivity contribution in [2.24, 2.45) is 0 Å². The Balaban J connectivity index is 2.26. The molecule has 0 amide bonds. The van der Waals surface area contributed by atoms with E-state index in [-0.39, 0.29) is 6.10 Å². The Morgan fingerprint density at radius 2 is 2.20 bits per heavy atom. The number of aromatic amines is 1. The highest BCUT2D eigenvalue weighted by atomic mass is 35.5. The van der Waals surface area contributed by atoms with Crippen molar-refractivity contribution in [2.45, 2.75) is 26.5 Å². The largest absolute Gasteiger partial charge is 0.493 e. The molecule has 0 unspecified atom stereocenters. The van der Waals surface area contributed by atoms with Crippen molar-refractivity contribution in [3.05, 3.63) is 22.7 Å². The molecule has 8 heteroatoms. The fraction of sp³-hybridized carbons (Fsp3) is 0.417. The van der Waals surface area contributed by atoms with Crippen LogP contribution in [0.2, 0.25) is 5.02 Å². The molecule has 0 bridgehead atoms. The maximum Gasteiger partial charge on any atom is 0.263 e. The highest BCUT2D eigenvalue weighted by molar-refractivity contribution is 6.30. The number of aromatic nitrogens is 4. The fourth-order valence-electron chi connectivity index (χ4n) is 1.69. The summed E-state index contributed by atoms with van der Waals surface area (Å²) in [4.78, 5) is 0. The zero-order chi connectivity index (χ0) is 14.5. The molecule has 20 heavy (non-hydrogen) atoms. The van der Waals surface area contributed by atoms with Crippen LogP contribution in [0.1, 0.15) is 19.4 Å². The maximum atomic E-state index is 6.08. The van der Waals surface area contributed by atoms with Crippen molar-refractivity contribution in [1.29, 1.82) is 0 Å². The van der Waals surface area contributed by atoms with Gasteiger partial charge in [0.1, 0.15) is 0 Å². The molecule has 0 spiro atoms. The molecule has 2 aromatic rings. The Kier molecular flexibility index (Phi) is 4.62. The molecule has 1 aromatic heterocycles. The number of halogens is 1. The van der Waals surface area contributed by atoms with E-state index in [0.717, 1.165) is 5.56 Å². The summed E-state index contributed by atoms with van der Waals surface area (Å²) in [6.07, 6.45) is 0.0222. The van der Waals surface area contributed by atoms with Crippen molar-refractivity contribution in [1.82, 2.24) is 20.6 Å². The molecule has 0 saturated heterocycles. The lowest BCUT2D eigenvalue weighted by Crippen LogP contribution is -2.11. The normalized spacial score (nSPS) is 10.7. The van der Waals surface area contributed by atoms with E-state index < -0.39 is 0 Å². The van der Waals surface area contributed by atoms with Crippen LogP contribution in [0.3, 0.4) is 0 Å². The highest BCUT2D eigenvalue weighted by Gasteiger charge is 2.14. The van der Waals surface area contributed by atoms with Crippen molar-refractivity contribution in [2.75, 3.05) is 12.4 Å². The van der Waals surface area contributed by atoms with Crippen LogP contribution in [0.5, 0.6) is 11.5 Å². The number of benzene rings is 1. The number of hydrogen-bond acceptors (Lipinski definition) is 6. The molecule has 0 aliphatic rings. The van der Waals surface area contributed by atoms with Gasteiger partial charge in [0.2, 0.25) is 0 Å². The third kappa shape index (κ3) is 3.51. The van der Waals surface area contributed by atoms with E-state index in [1.54, 1.807) is 13.2 Å². The number of H-pyrrole nitrogens is 1. The van der Waals surface area contributed by atoms with Crippen molar-refractivity contribution < 1.29 is 9.47 Å². The van der Waals surface area contributed by atoms with E-state index >= 15 is 0 Å². The van der Waals surface area contributed by atoms with Crippen LogP contribution in [0.4, 0.5) is 5.95 Å². The molecular weight excluding hydrogens is 282 g/mol. The van der Waals surface area contributed by atoms with E-state index in [9.17, 15) is 0 Å². The second-order valence-corrected chi connectivity index (χ2v) is 4.79. The molecule has 2 rings (SSSR count). The Labute approximate surface area is 121 Å². The van der Waals surface area contributed by atoms with Crippen molar-refractivity contribution in [3.8, 4) is 11.5 Å². The first kappa shape index (κ1) is 14.4. The van der Waals surface area contributed by atoms with E-state index in [4.69, 9.17) is 21.1 Å². The third-order valence-corrected chi connectivity index (χ3v) is 2.67. The van der Waals surface area contributed by atoms with E-state index in [2.05, 4.69) is 25.9 Å². The number of anilines is 1. The lowest BCUT2D eigenvalue weighted by molar-refractivity contribution is 0.228. The fourth-order valence-corrected chi connectivity index (χ4v) is 1.92. The molecule has 108 valence electrons. The van der Waals surface area contributed by atoms with Gasteiger partial charge in [-0.05, 0) is 25.1 Å². The minimum atomic E-state index is 0.0222. The molecule has 0 atom stereocenters. The molecule has 0 fully saturated rings. The summed E-state index contributed by atoms with van der Waals surface area (Å²) in [5, 5.41) is 17.1. The average molecular weight is 298 g/mol. The van der Waals surface area contributed by atoms with Crippen LogP contribution in [-0.2, 0) is 6.54 Å². The highest BCUT2D eigenvalue weighted by Crippen LogP contribution is 2.35. The Morgan fingerprint density at radius 1 is 1.40 bits per heavy atom. The summed E-state index contributed by atoms with van der Waals surface area (Å²) in [5.74, 6) is 1.65. The topological polar surface area (TPSA) is 85.0 Å². The van der Waals surface area contributed by atoms with E-state index in [0.29, 0.717) is 29.0 Å². The Hall–Kier alpha value is -2.02. The van der Waals surface area contributed by atoms with Gasteiger partial charge in [0.05, 0.1) is 13.2 Å². The van der Waals surface area contributed by atoms with Gasteiger partial charge in [0, 0.05) is 23.2 Å². The first-order chi connectivity index (χ1) is 9.60. The molecule has 0 radical (unpaired) electrons. The number of tetrazole rings is 1. The quantitative estimate of drug-likeness (QED) is 0.851. The molecule has 0 aliphatic heterocycles. The number of methoxy groups -OCH3 is 1. The van der Waals surface area contributed by atoms with Gasteiger partial charge in [-0.15, -0.1) is 5.10 Å². The van der Waals surface area contributed by atoms with Crippen molar-refractivity contribution in [3.63, 3.8) is 0 Å². The molecule has 0 saturated carbocycles. The first-order valence-corrected chi connectivity index (χ1v) is 6.48. The lowest BCUT2D eigenvalue weighted by atomic mass is 10.1. The maximum absolute atomic E-state index is 6.08. The van der Waals surface area contributed by atoms with Crippen LogP contribution in [-0.4, -0.2) is 33.8 Å². The van der Waals surface area contributed by atoms with Gasteiger partial charge in [-0.1, -0.05) is 16.7 Å². The molecular formula is C12H16ClN5O2. The van der Waals surface area contributed by atoms with Crippen LogP contribution < -0.4 is 14.8 Å². The lowest BCUT2D eigenvalue weighted by Gasteiger charge is -2.18. The Morgan fingerprint density at radius 3 is 2.80 bits per heavy atom. The number of rotatable bonds is 6. The predicted molar refractivity (Wildman–Crippen MR) is 75.3 cm³/mol. The van der Waals surface area contributed by atoms with Crippen molar-refractivity contribution >= 4 is 17.5 Å². The zero-order valence-electron chi connectivity index (χ0n) is 11.5. The van der Waals surface area contributed by atoms with Crippen LogP contribution in [0.15, 0.2) is 12.1 Å². The molecule has 1 aromatic carbocycles. The van der Waals surface area contributed by atoms with E-state index in [1.807, 2.05) is 19.9 Å². The number of nitrogens with one attached hydrogen (secondary N) is 2. The molecule has 2 N–H and O–H groups in total. The number of nitrogens with zero attached hydrogens (tertiary/aromatic N) is 3. The van der Waals surface area contributed by atoms with Gasteiger partial charge in [-0.25, -0.2) is 0 Å². The second-order valence-electron chi connectivity index (χ2n) is 4.35. The smallest absolute Gasteiger partial charge is 0.263 e. The predicted octanol–water partition coefficient (Wildman–Crippen LogP) is 2.26. The Bertz CT molecular complexity index is 559. The molecule has 7 nitrogen and oxygen atoms in total. The molecule has 1 heterocycles. The average Bonchev–Trinajstić information content (AvgIpc) is 2.91. The standard InChI is InChI=1S/C12H16ClN5O2/c1-7(2)20-11-8(4-9(13)5-10(11)19-3)6-14-12-15-17-18-16-12/h4-5,7H,6H2,1-3H3,(H2,14,15,16,17,18). The molecule has 0 aliphatic carbocycles. The van der Waals surface area contributed by atoms with Gasteiger partial charge in [-0.3, -0.25) is 0 Å². The summed E-state index contributed by atoms with van der Waals surface area (Å²) in [7, 11) is 1.58. The van der Waals surface area contributed by atoms with Gasteiger partial charge in [0.25, 0.3) is 5.95 Å². The van der Waals surface area contributed by atoms with Crippen LogP contribution in [0.25, 0.3) is 0 Å². The first-order valence-electron chi connectivity index (χ1n) is 6.10. The van der Waals surface area contributed by atoms with E-state index in [1.165, 1.54) is 0 Å².